The van der Waals surface area contributed by atoms with Crippen LogP contribution < -0.4 is 5.32 Å². The highest BCUT2D eigenvalue weighted by Gasteiger charge is 2.13. The predicted octanol–water partition coefficient (Wildman–Crippen LogP) is 2.76. The molecule has 0 saturated carbocycles. The van der Waals surface area contributed by atoms with Crippen molar-refractivity contribution in [1.82, 2.24) is 4.90 Å². The molecule has 110 valence electrons. The molecule has 5 nitrogen and oxygen atoms in total. The van der Waals surface area contributed by atoms with Gasteiger partial charge in [-0.15, -0.1) is 11.3 Å². The molecule has 0 aliphatic heterocycles. The van der Waals surface area contributed by atoms with Gasteiger partial charge in [0.2, 0.25) is 0 Å². The fourth-order valence-corrected chi connectivity index (χ4v) is 2.63. The van der Waals surface area contributed by atoms with Crippen molar-refractivity contribution in [1.29, 1.82) is 0 Å². The van der Waals surface area contributed by atoms with Crippen LogP contribution in [0.2, 0.25) is 0 Å². The van der Waals surface area contributed by atoms with E-state index in [9.17, 15) is 9.59 Å². The Bertz CT molecular complexity index is 664. The lowest BCUT2D eigenvalue weighted by Gasteiger charge is -2.14. The molecule has 21 heavy (non-hydrogen) atoms. The molecule has 1 heterocycles. The lowest BCUT2D eigenvalue weighted by atomic mass is 10.1. The van der Waals surface area contributed by atoms with E-state index in [0.717, 1.165) is 10.6 Å². The van der Waals surface area contributed by atoms with Crippen molar-refractivity contribution < 1.29 is 14.7 Å². The first kappa shape index (κ1) is 15.1. The van der Waals surface area contributed by atoms with Crippen LogP contribution in [-0.2, 0) is 6.54 Å². The number of nitrogens with one attached hydrogen (secondary N) is 1. The number of hydrogen-bond donors (Lipinski definition) is 2. The summed E-state index contributed by atoms with van der Waals surface area (Å²) in [6.07, 6.45) is 0. The standard InChI is InChI=1S/C15H16N2O3S/c1-17(2)14(18)12-5-3-4-6-13(12)16-8-11-7-10(9-21-11)15(19)20/h3-7,9,16H,8H2,1-2H3,(H,19,20). The SMILES string of the molecule is CN(C)C(=O)c1ccccc1NCc1cc(C(=O)O)cs1. The highest BCUT2D eigenvalue weighted by atomic mass is 32.1. The highest BCUT2D eigenvalue weighted by molar-refractivity contribution is 7.10. The van der Waals surface area contributed by atoms with Gasteiger partial charge < -0.3 is 15.3 Å². The monoisotopic (exact) mass is 304 g/mol. The second kappa shape index (κ2) is 6.41. The molecule has 2 aromatic rings. The molecular weight excluding hydrogens is 288 g/mol. The first-order valence-electron chi connectivity index (χ1n) is 6.34. The number of thiophene rings is 1. The Labute approximate surface area is 126 Å². The minimum absolute atomic E-state index is 0.0736. The molecule has 1 aromatic carbocycles. The number of aromatic carboxylic acids is 1. The van der Waals surface area contributed by atoms with Crippen LogP contribution in [0.3, 0.4) is 0 Å². The van der Waals surface area contributed by atoms with Gasteiger partial charge in [-0.2, -0.15) is 0 Å². The van der Waals surface area contributed by atoms with Crippen molar-refractivity contribution in [2.75, 3.05) is 19.4 Å². The quantitative estimate of drug-likeness (QED) is 0.891. The van der Waals surface area contributed by atoms with E-state index in [4.69, 9.17) is 5.11 Å². The molecule has 0 bridgehead atoms. The first-order valence-corrected chi connectivity index (χ1v) is 7.22. The predicted molar refractivity (Wildman–Crippen MR) is 83.1 cm³/mol. The van der Waals surface area contributed by atoms with Crippen LogP contribution in [0.15, 0.2) is 35.7 Å². The van der Waals surface area contributed by atoms with Gasteiger partial charge in [-0.1, -0.05) is 12.1 Å². The minimum atomic E-state index is -0.930. The first-order chi connectivity index (χ1) is 9.99. The zero-order valence-corrected chi connectivity index (χ0v) is 12.6. The van der Waals surface area contributed by atoms with Crippen LogP contribution >= 0.6 is 11.3 Å². The summed E-state index contributed by atoms with van der Waals surface area (Å²) in [5.41, 5.74) is 1.62. The number of amides is 1. The van der Waals surface area contributed by atoms with Crippen LogP contribution in [0, 0.1) is 0 Å². The van der Waals surface area contributed by atoms with Crippen molar-refractivity contribution in [2.24, 2.45) is 0 Å². The number of anilines is 1. The van der Waals surface area contributed by atoms with Gasteiger partial charge in [-0.3, -0.25) is 4.79 Å². The summed E-state index contributed by atoms with van der Waals surface area (Å²) in [6, 6.07) is 8.90. The average Bonchev–Trinajstić information content (AvgIpc) is 2.93. The largest absolute Gasteiger partial charge is 0.478 e. The van der Waals surface area contributed by atoms with Gasteiger partial charge in [0.15, 0.2) is 0 Å². The maximum absolute atomic E-state index is 12.1. The number of nitrogens with zero attached hydrogens (tertiary/aromatic N) is 1. The van der Waals surface area contributed by atoms with Gasteiger partial charge in [-0.25, -0.2) is 4.79 Å². The summed E-state index contributed by atoms with van der Waals surface area (Å²) >= 11 is 1.38. The Morgan fingerprint density at radius 1 is 1.29 bits per heavy atom. The highest BCUT2D eigenvalue weighted by Crippen LogP contribution is 2.20. The Morgan fingerprint density at radius 2 is 2.00 bits per heavy atom. The van der Waals surface area contributed by atoms with E-state index in [1.807, 2.05) is 18.2 Å². The minimum Gasteiger partial charge on any atom is -0.478 e. The molecule has 0 aliphatic carbocycles. The molecule has 1 amide bonds. The molecule has 6 heteroatoms. The van der Waals surface area contributed by atoms with E-state index < -0.39 is 5.97 Å². The number of carbonyl (C=O) groups is 2. The average molecular weight is 304 g/mol. The topological polar surface area (TPSA) is 69.6 Å². The fraction of sp³-hybridized carbons (Fsp3) is 0.200. The summed E-state index contributed by atoms with van der Waals surface area (Å²) in [5.74, 6) is -1.00. The summed E-state index contributed by atoms with van der Waals surface area (Å²) in [7, 11) is 3.41. The molecule has 2 rings (SSSR count). The van der Waals surface area contributed by atoms with E-state index in [-0.39, 0.29) is 11.5 Å². The van der Waals surface area contributed by atoms with Crippen LogP contribution in [0.4, 0.5) is 5.69 Å². The molecule has 0 spiro atoms. The van der Waals surface area contributed by atoms with E-state index >= 15 is 0 Å². The van der Waals surface area contributed by atoms with Crippen molar-refractivity contribution in [3.8, 4) is 0 Å². The van der Waals surface area contributed by atoms with Crippen molar-refractivity contribution >= 4 is 28.9 Å². The summed E-state index contributed by atoms with van der Waals surface area (Å²) < 4.78 is 0. The summed E-state index contributed by atoms with van der Waals surface area (Å²) in [5, 5.41) is 13.7. The lowest BCUT2D eigenvalue weighted by molar-refractivity contribution is 0.0697. The number of rotatable bonds is 5. The lowest BCUT2D eigenvalue weighted by Crippen LogP contribution is -2.22. The van der Waals surface area contributed by atoms with Gasteiger partial charge in [0.1, 0.15) is 0 Å². The van der Waals surface area contributed by atoms with Crippen LogP contribution in [0.5, 0.6) is 0 Å². The van der Waals surface area contributed by atoms with Gasteiger partial charge in [-0.05, 0) is 18.2 Å². The number of benzene rings is 1. The molecular formula is C15H16N2O3S. The summed E-state index contributed by atoms with van der Waals surface area (Å²) in [6.45, 7) is 0.482. The number of carboxylic acid groups (broad SMARTS) is 1. The van der Waals surface area contributed by atoms with Gasteiger partial charge in [0, 0.05) is 36.6 Å². The maximum Gasteiger partial charge on any atom is 0.336 e. The molecule has 0 aliphatic rings. The Kier molecular flexibility index (Phi) is 4.59. The Morgan fingerprint density at radius 3 is 2.62 bits per heavy atom. The third-order valence-electron chi connectivity index (χ3n) is 2.92. The van der Waals surface area contributed by atoms with Crippen LogP contribution in [0.1, 0.15) is 25.6 Å². The van der Waals surface area contributed by atoms with E-state index in [0.29, 0.717) is 12.1 Å². The molecule has 0 atom stereocenters. The molecule has 1 aromatic heterocycles. The third kappa shape index (κ3) is 3.61. The van der Waals surface area contributed by atoms with Crippen LogP contribution in [-0.4, -0.2) is 36.0 Å². The van der Waals surface area contributed by atoms with E-state index in [1.54, 1.807) is 31.6 Å². The Hall–Kier alpha value is -2.34. The number of carbonyl (C=O) groups excluding carboxylic acids is 1. The maximum atomic E-state index is 12.1. The van der Waals surface area contributed by atoms with Gasteiger partial charge >= 0.3 is 5.97 Å². The number of para-hydroxylation sites is 1. The third-order valence-corrected chi connectivity index (χ3v) is 3.85. The number of hydrogen-bond acceptors (Lipinski definition) is 4. The normalized spacial score (nSPS) is 10.2. The second-order valence-corrected chi connectivity index (χ2v) is 5.70. The fourth-order valence-electron chi connectivity index (χ4n) is 1.83. The molecule has 0 fully saturated rings. The summed E-state index contributed by atoms with van der Waals surface area (Å²) in [4.78, 5) is 25.3. The molecule has 0 radical (unpaired) electrons. The molecule has 2 N–H and O–H groups in total. The van der Waals surface area contributed by atoms with Crippen molar-refractivity contribution in [3.05, 3.63) is 51.7 Å². The van der Waals surface area contributed by atoms with Crippen molar-refractivity contribution in [2.45, 2.75) is 6.54 Å². The number of carboxylic acids is 1. The zero-order chi connectivity index (χ0) is 15.4. The smallest absolute Gasteiger partial charge is 0.336 e. The molecule has 0 unspecified atom stereocenters. The zero-order valence-electron chi connectivity index (χ0n) is 11.8. The second-order valence-electron chi connectivity index (χ2n) is 4.71. The van der Waals surface area contributed by atoms with E-state index in [2.05, 4.69) is 5.32 Å². The van der Waals surface area contributed by atoms with Crippen LogP contribution in [0.25, 0.3) is 0 Å². The van der Waals surface area contributed by atoms with Crippen molar-refractivity contribution in [3.63, 3.8) is 0 Å². The van der Waals surface area contributed by atoms with Gasteiger partial charge in [0.05, 0.1) is 11.1 Å². The van der Waals surface area contributed by atoms with Gasteiger partial charge in [0.25, 0.3) is 5.91 Å². The van der Waals surface area contributed by atoms with E-state index in [1.165, 1.54) is 16.2 Å². The molecule has 0 saturated heterocycles. The Balaban J connectivity index is 2.12.